The normalized spacial score (nSPS) is 11.7. The zero-order valence-corrected chi connectivity index (χ0v) is 12.3. The number of rotatable bonds is 9. The Bertz CT molecular complexity index is 450. The van der Waals surface area contributed by atoms with Gasteiger partial charge in [-0.05, 0) is 38.1 Å². The van der Waals surface area contributed by atoms with Crippen LogP contribution in [0, 0.1) is 0 Å². The number of nitrogens with one attached hydrogen (secondary N) is 2. The summed E-state index contributed by atoms with van der Waals surface area (Å²) in [6, 6.07) is 3.35. The first-order valence-electron chi connectivity index (χ1n) is 6.41. The van der Waals surface area contributed by atoms with E-state index in [0.29, 0.717) is 12.2 Å². The topological polar surface area (TPSA) is 74.3 Å². The fourth-order valence-electron chi connectivity index (χ4n) is 1.50. The molecular formula is C12H22N4O2S. The maximum absolute atomic E-state index is 12.0. The lowest BCUT2D eigenvalue weighted by molar-refractivity contribution is 0.458. The first kappa shape index (κ1) is 15.9. The van der Waals surface area contributed by atoms with E-state index in [1.165, 1.54) is 10.5 Å². The molecule has 108 valence electrons. The van der Waals surface area contributed by atoms with E-state index < -0.39 is 10.2 Å². The Morgan fingerprint density at radius 3 is 2.79 bits per heavy atom. The molecule has 6 nitrogen and oxygen atoms in total. The molecule has 0 radical (unpaired) electrons. The van der Waals surface area contributed by atoms with Crippen molar-refractivity contribution >= 4 is 15.9 Å². The Balaban J connectivity index is 2.39. The van der Waals surface area contributed by atoms with E-state index >= 15 is 0 Å². The van der Waals surface area contributed by atoms with E-state index in [0.717, 1.165) is 25.9 Å². The van der Waals surface area contributed by atoms with Gasteiger partial charge in [-0.25, -0.2) is 0 Å². The molecule has 1 rings (SSSR count). The lowest BCUT2D eigenvalue weighted by Crippen LogP contribution is -2.34. The quantitative estimate of drug-likeness (QED) is 0.666. The highest BCUT2D eigenvalue weighted by atomic mass is 32.2. The molecule has 0 atom stereocenters. The molecule has 1 aromatic heterocycles. The Morgan fingerprint density at radius 2 is 2.16 bits per heavy atom. The zero-order valence-electron chi connectivity index (χ0n) is 11.5. The minimum atomic E-state index is -3.49. The van der Waals surface area contributed by atoms with Crippen molar-refractivity contribution in [1.29, 1.82) is 0 Å². The monoisotopic (exact) mass is 286 g/mol. The smallest absolute Gasteiger partial charge is 0.301 e. The molecule has 0 amide bonds. The summed E-state index contributed by atoms with van der Waals surface area (Å²) in [4.78, 5) is 3.87. The number of hydrogen-bond donors (Lipinski definition) is 2. The second-order valence-electron chi connectivity index (χ2n) is 4.27. The number of pyridine rings is 1. The molecule has 19 heavy (non-hydrogen) atoms. The highest BCUT2D eigenvalue weighted by molar-refractivity contribution is 7.90. The fraction of sp³-hybridized carbons (Fsp3) is 0.583. The average Bonchev–Trinajstić information content (AvgIpc) is 2.39. The van der Waals surface area contributed by atoms with Gasteiger partial charge in [-0.3, -0.25) is 9.71 Å². The molecule has 0 saturated carbocycles. The van der Waals surface area contributed by atoms with Crippen LogP contribution in [0.2, 0.25) is 0 Å². The second-order valence-corrected chi connectivity index (χ2v) is 6.05. The summed E-state index contributed by atoms with van der Waals surface area (Å²) in [6.07, 6.45) is 4.94. The van der Waals surface area contributed by atoms with Crippen LogP contribution in [0.25, 0.3) is 0 Å². The molecule has 0 aliphatic rings. The van der Waals surface area contributed by atoms with Gasteiger partial charge in [0.2, 0.25) is 0 Å². The number of nitrogens with zero attached hydrogens (tertiary/aromatic N) is 2. The van der Waals surface area contributed by atoms with Gasteiger partial charge in [0.1, 0.15) is 0 Å². The molecule has 0 saturated heterocycles. The minimum absolute atomic E-state index is 0.471. The summed E-state index contributed by atoms with van der Waals surface area (Å²) >= 11 is 0. The van der Waals surface area contributed by atoms with Crippen LogP contribution in [0.5, 0.6) is 0 Å². The predicted octanol–water partition coefficient (Wildman–Crippen LogP) is 1.06. The van der Waals surface area contributed by atoms with Gasteiger partial charge in [0.25, 0.3) is 0 Å². The SMILES string of the molecule is CCCNCCCN(C)S(=O)(=O)Nc1cccnc1. The second kappa shape index (κ2) is 8.08. The lowest BCUT2D eigenvalue weighted by atomic mass is 10.4. The van der Waals surface area contributed by atoms with Crippen molar-refractivity contribution < 1.29 is 8.42 Å². The van der Waals surface area contributed by atoms with E-state index in [9.17, 15) is 8.42 Å². The van der Waals surface area contributed by atoms with Crippen LogP contribution < -0.4 is 10.0 Å². The van der Waals surface area contributed by atoms with Crippen molar-refractivity contribution in [1.82, 2.24) is 14.6 Å². The molecule has 0 spiro atoms. The first-order valence-corrected chi connectivity index (χ1v) is 7.85. The van der Waals surface area contributed by atoms with E-state index in [-0.39, 0.29) is 0 Å². The molecular weight excluding hydrogens is 264 g/mol. The third kappa shape index (κ3) is 6.00. The molecule has 0 aliphatic carbocycles. The molecule has 0 aliphatic heterocycles. The first-order chi connectivity index (χ1) is 9.06. The molecule has 0 bridgehead atoms. The largest absolute Gasteiger partial charge is 0.317 e. The standard InChI is InChI=1S/C12H22N4O2S/c1-3-7-13-9-5-10-16(2)19(17,18)15-12-6-4-8-14-11-12/h4,6,8,11,13,15H,3,5,7,9-10H2,1-2H3. The summed E-state index contributed by atoms with van der Waals surface area (Å²) in [5, 5.41) is 3.24. The van der Waals surface area contributed by atoms with Crippen LogP contribution in [0.15, 0.2) is 24.5 Å². The van der Waals surface area contributed by atoms with Crippen molar-refractivity contribution in [3.63, 3.8) is 0 Å². The van der Waals surface area contributed by atoms with Gasteiger partial charge in [0.15, 0.2) is 0 Å². The van der Waals surface area contributed by atoms with Gasteiger partial charge < -0.3 is 5.32 Å². The van der Waals surface area contributed by atoms with Gasteiger partial charge in [-0.2, -0.15) is 12.7 Å². The molecule has 1 aromatic rings. The summed E-state index contributed by atoms with van der Waals surface area (Å²) in [5.41, 5.74) is 0.471. The van der Waals surface area contributed by atoms with Crippen molar-refractivity contribution in [2.45, 2.75) is 19.8 Å². The van der Waals surface area contributed by atoms with E-state index in [4.69, 9.17) is 0 Å². The average molecular weight is 286 g/mol. The predicted molar refractivity (Wildman–Crippen MR) is 77.2 cm³/mol. The zero-order chi connectivity index (χ0) is 14.1. The number of hydrogen-bond acceptors (Lipinski definition) is 4. The van der Waals surface area contributed by atoms with Crippen molar-refractivity contribution in [2.75, 3.05) is 31.4 Å². The fourth-order valence-corrected chi connectivity index (χ4v) is 2.44. The van der Waals surface area contributed by atoms with Gasteiger partial charge in [0, 0.05) is 19.8 Å². The van der Waals surface area contributed by atoms with Crippen molar-refractivity contribution in [3.05, 3.63) is 24.5 Å². The van der Waals surface area contributed by atoms with Crippen LogP contribution in [-0.4, -0.2) is 44.4 Å². The highest BCUT2D eigenvalue weighted by Crippen LogP contribution is 2.08. The Morgan fingerprint density at radius 1 is 1.37 bits per heavy atom. The Hall–Kier alpha value is -1.18. The number of anilines is 1. The van der Waals surface area contributed by atoms with Crippen LogP contribution in [0.3, 0.4) is 0 Å². The van der Waals surface area contributed by atoms with E-state index in [2.05, 4.69) is 21.9 Å². The molecule has 0 unspecified atom stereocenters. The minimum Gasteiger partial charge on any atom is -0.317 e. The summed E-state index contributed by atoms with van der Waals surface area (Å²) in [5.74, 6) is 0. The van der Waals surface area contributed by atoms with Crippen LogP contribution in [-0.2, 0) is 10.2 Å². The Labute approximate surface area is 115 Å². The van der Waals surface area contributed by atoms with Gasteiger partial charge in [-0.15, -0.1) is 0 Å². The summed E-state index contributed by atoms with van der Waals surface area (Å²) in [7, 11) is -1.92. The highest BCUT2D eigenvalue weighted by Gasteiger charge is 2.16. The molecule has 7 heteroatoms. The van der Waals surface area contributed by atoms with Gasteiger partial charge >= 0.3 is 10.2 Å². The Kier molecular flexibility index (Phi) is 6.75. The van der Waals surface area contributed by atoms with Crippen LogP contribution in [0.1, 0.15) is 19.8 Å². The maximum Gasteiger partial charge on any atom is 0.301 e. The summed E-state index contributed by atoms with van der Waals surface area (Å²) < 4.78 is 27.8. The van der Waals surface area contributed by atoms with Gasteiger partial charge in [0.05, 0.1) is 11.9 Å². The van der Waals surface area contributed by atoms with Gasteiger partial charge in [-0.1, -0.05) is 6.92 Å². The molecule has 1 heterocycles. The number of aromatic nitrogens is 1. The molecule has 0 fully saturated rings. The van der Waals surface area contributed by atoms with Crippen molar-refractivity contribution in [2.24, 2.45) is 0 Å². The van der Waals surface area contributed by atoms with E-state index in [1.54, 1.807) is 25.4 Å². The third-order valence-corrected chi connectivity index (χ3v) is 4.07. The maximum atomic E-state index is 12.0. The molecule has 0 aromatic carbocycles. The third-order valence-electron chi connectivity index (χ3n) is 2.57. The van der Waals surface area contributed by atoms with Crippen LogP contribution in [0.4, 0.5) is 5.69 Å². The summed E-state index contributed by atoms with van der Waals surface area (Å²) in [6.45, 7) is 4.36. The lowest BCUT2D eigenvalue weighted by Gasteiger charge is -2.18. The van der Waals surface area contributed by atoms with E-state index in [1.807, 2.05) is 0 Å². The van der Waals surface area contributed by atoms with Crippen LogP contribution >= 0.6 is 0 Å². The van der Waals surface area contributed by atoms with Crippen molar-refractivity contribution in [3.8, 4) is 0 Å². The molecule has 2 N–H and O–H groups in total.